The Kier molecular flexibility index (Phi) is 4.48. The minimum absolute atomic E-state index is 0.236. The van der Waals surface area contributed by atoms with Crippen LogP contribution in [-0.4, -0.2) is 24.8 Å². The number of amidine groups is 1. The van der Waals surface area contributed by atoms with Crippen LogP contribution in [0, 0.1) is 0 Å². The van der Waals surface area contributed by atoms with Crippen molar-refractivity contribution in [1.82, 2.24) is 5.32 Å². The zero-order valence-corrected chi connectivity index (χ0v) is 11.8. The highest BCUT2D eigenvalue weighted by Gasteiger charge is 2.16. The van der Waals surface area contributed by atoms with Crippen molar-refractivity contribution in [2.45, 2.75) is 19.4 Å². The van der Waals surface area contributed by atoms with E-state index in [9.17, 15) is 4.79 Å². The molecule has 0 radical (unpaired) electrons. The van der Waals surface area contributed by atoms with Gasteiger partial charge in [0.05, 0.1) is 11.9 Å². The highest BCUT2D eigenvalue weighted by Crippen LogP contribution is 2.16. The fourth-order valence-corrected chi connectivity index (χ4v) is 2.17. The Morgan fingerprint density at radius 3 is 2.60 bits per heavy atom. The van der Waals surface area contributed by atoms with Gasteiger partial charge in [-0.3, -0.25) is 4.79 Å². The molecule has 4 nitrogen and oxygen atoms in total. The maximum atomic E-state index is 11.9. The first-order valence-corrected chi connectivity index (χ1v) is 6.59. The number of likely N-dealkylation sites (N-methyl/N-ethyl adjacent to an activating group) is 1. The van der Waals surface area contributed by atoms with Crippen molar-refractivity contribution in [2.75, 3.05) is 7.05 Å². The molecule has 2 rings (SSSR count). The van der Waals surface area contributed by atoms with Crippen molar-refractivity contribution in [2.24, 2.45) is 10.7 Å². The van der Waals surface area contributed by atoms with E-state index >= 15 is 0 Å². The monoisotopic (exact) mass is 269 g/mol. The van der Waals surface area contributed by atoms with E-state index < -0.39 is 0 Å². The molecule has 1 unspecified atom stereocenters. The van der Waals surface area contributed by atoms with E-state index in [1.54, 1.807) is 14.0 Å². The molecule has 0 spiro atoms. The van der Waals surface area contributed by atoms with Crippen LogP contribution in [0.2, 0.25) is 0 Å². The summed E-state index contributed by atoms with van der Waals surface area (Å²) in [6.45, 7) is 1.61. The molecule has 0 heterocycles. The SMILES string of the molecule is CNC(Cc1ccc2ccccc2c1)C(=O)N=C(C)N. The van der Waals surface area contributed by atoms with Crippen molar-refractivity contribution in [3.63, 3.8) is 0 Å². The second-order valence-electron chi connectivity index (χ2n) is 4.82. The lowest BCUT2D eigenvalue weighted by Gasteiger charge is -2.13. The highest BCUT2D eigenvalue weighted by molar-refractivity contribution is 5.95. The Morgan fingerprint density at radius 1 is 1.25 bits per heavy atom. The van der Waals surface area contributed by atoms with Crippen molar-refractivity contribution in [3.05, 3.63) is 48.0 Å². The van der Waals surface area contributed by atoms with E-state index in [1.807, 2.05) is 18.2 Å². The average Bonchev–Trinajstić information content (AvgIpc) is 2.43. The third kappa shape index (κ3) is 3.42. The topological polar surface area (TPSA) is 67.5 Å². The Bertz CT molecular complexity index is 645. The molecule has 1 amide bonds. The molecule has 0 aliphatic heterocycles. The Balaban J connectivity index is 2.21. The first-order chi connectivity index (χ1) is 9.60. The average molecular weight is 269 g/mol. The lowest BCUT2D eigenvalue weighted by molar-refractivity contribution is -0.119. The number of benzene rings is 2. The zero-order chi connectivity index (χ0) is 14.5. The van der Waals surface area contributed by atoms with E-state index in [2.05, 4.69) is 34.6 Å². The number of hydrogen-bond donors (Lipinski definition) is 2. The number of carbonyl (C=O) groups is 1. The molecule has 2 aromatic rings. The third-order valence-corrected chi connectivity index (χ3v) is 3.19. The van der Waals surface area contributed by atoms with Crippen LogP contribution in [0.25, 0.3) is 10.8 Å². The zero-order valence-electron chi connectivity index (χ0n) is 11.8. The van der Waals surface area contributed by atoms with Crippen LogP contribution in [0.15, 0.2) is 47.5 Å². The van der Waals surface area contributed by atoms with Gasteiger partial charge in [-0.05, 0) is 36.7 Å². The fourth-order valence-electron chi connectivity index (χ4n) is 2.17. The van der Waals surface area contributed by atoms with Crippen molar-refractivity contribution in [3.8, 4) is 0 Å². The number of carbonyl (C=O) groups excluding carboxylic acids is 1. The molecule has 0 saturated heterocycles. The molecule has 104 valence electrons. The van der Waals surface area contributed by atoms with Crippen molar-refractivity contribution in [1.29, 1.82) is 0 Å². The molecule has 0 fully saturated rings. The number of fused-ring (bicyclic) bond motifs is 1. The predicted molar refractivity (Wildman–Crippen MR) is 82.8 cm³/mol. The predicted octanol–water partition coefficient (Wildman–Crippen LogP) is 1.87. The number of nitrogens with two attached hydrogens (primary N) is 1. The van der Waals surface area contributed by atoms with Crippen LogP contribution < -0.4 is 11.1 Å². The number of nitrogens with one attached hydrogen (secondary N) is 1. The molecule has 20 heavy (non-hydrogen) atoms. The normalized spacial score (nSPS) is 13.4. The summed E-state index contributed by atoms with van der Waals surface area (Å²) in [5.74, 6) is 0.0504. The summed E-state index contributed by atoms with van der Waals surface area (Å²) in [4.78, 5) is 15.7. The van der Waals surface area contributed by atoms with Crippen molar-refractivity contribution < 1.29 is 4.79 Å². The van der Waals surface area contributed by atoms with E-state index in [0.29, 0.717) is 6.42 Å². The minimum Gasteiger partial charge on any atom is -0.387 e. The van der Waals surface area contributed by atoms with Gasteiger partial charge in [0, 0.05) is 0 Å². The molecule has 0 aromatic heterocycles. The number of amides is 1. The van der Waals surface area contributed by atoms with E-state index in [-0.39, 0.29) is 17.8 Å². The molecule has 0 aliphatic carbocycles. The molecule has 3 N–H and O–H groups in total. The Hall–Kier alpha value is -2.20. The summed E-state index contributed by atoms with van der Waals surface area (Å²) < 4.78 is 0. The van der Waals surface area contributed by atoms with E-state index in [4.69, 9.17) is 5.73 Å². The molecule has 0 aliphatic rings. The number of hydrogen-bond acceptors (Lipinski definition) is 2. The van der Waals surface area contributed by atoms with E-state index in [1.165, 1.54) is 10.8 Å². The molecule has 1 atom stereocenters. The maximum absolute atomic E-state index is 11.9. The van der Waals surface area contributed by atoms with E-state index in [0.717, 1.165) is 5.56 Å². The van der Waals surface area contributed by atoms with Crippen LogP contribution in [-0.2, 0) is 11.2 Å². The standard InChI is InChI=1S/C16H19N3O/c1-11(17)19-16(20)15(18-2)10-12-7-8-13-5-3-4-6-14(13)9-12/h3-9,15,18H,10H2,1-2H3,(H2,17,19,20). The fraction of sp³-hybridized carbons (Fsp3) is 0.250. The van der Waals surface area contributed by atoms with Gasteiger partial charge in [0.1, 0.15) is 0 Å². The molecule has 0 saturated carbocycles. The lowest BCUT2D eigenvalue weighted by atomic mass is 10.0. The van der Waals surface area contributed by atoms with Crippen LogP contribution in [0.5, 0.6) is 0 Å². The van der Waals surface area contributed by atoms with Gasteiger partial charge in [0.25, 0.3) is 5.91 Å². The molecular weight excluding hydrogens is 250 g/mol. The molecule has 0 bridgehead atoms. The first kappa shape index (κ1) is 14.2. The summed E-state index contributed by atoms with van der Waals surface area (Å²) in [5.41, 5.74) is 6.55. The molecule has 2 aromatic carbocycles. The Labute approximate surface area is 118 Å². The number of aliphatic imine (C=N–C) groups is 1. The summed E-state index contributed by atoms with van der Waals surface area (Å²) in [6.07, 6.45) is 0.594. The highest BCUT2D eigenvalue weighted by atomic mass is 16.1. The first-order valence-electron chi connectivity index (χ1n) is 6.59. The van der Waals surface area contributed by atoms with Gasteiger partial charge >= 0.3 is 0 Å². The van der Waals surface area contributed by atoms with Gasteiger partial charge in [-0.15, -0.1) is 0 Å². The van der Waals surface area contributed by atoms with Crippen LogP contribution >= 0.6 is 0 Å². The van der Waals surface area contributed by atoms with Crippen LogP contribution in [0.4, 0.5) is 0 Å². The summed E-state index contributed by atoms with van der Waals surface area (Å²) in [7, 11) is 1.75. The smallest absolute Gasteiger partial charge is 0.264 e. The van der Waals surface area contributed by atoms with Gasteiger partial charge in [0.15, 0.2) is 0 Å². The summed E-state index contributed by atoms with van der Waals surface area (Å²) in [6, 6.07) is 14.0. The van der Waals surface area contributed by atoms with Gasteiger partial charge in [-0.2, -0.15) is 4.99 Å². The largest absolute Gasteiger partial charge is 0.387 e. The van der Waals surface area contributed by atoms with Gasteiger partial charge in [0.2, 0.25) is 0 Å². The lowest BCUT2D eigenvalue weighted by Crippen LogP contribution is -2.35. The minimum atomic E-state index is -0.352. The number of nitrogens with zero attached hydrogens (tertiary/aromatic N) is 1. The Morgan fingerprint density at radius 2 is 1.95 bits per heavy atom. The summed E-state index contributed by atoms with van der Waals surface area (Å²) >= 11 is 0. The second kappa shape index (κ2) is 6.30. The second-order valence-corrected chi connectivity index (χ2v) is 4.82. The van der Waals surface area contributed by atoms with Crippen molar-refractivity contribution >= 4 is 22.5 Å². The quantitative estimate of drug-likeness (QED) is 0.658. The van der Waals surface area contributed by atoms with Gasteiger partial charge < -0.3 is 11.1 Å². The maximum Gasteiger partial charge on any atom is 0.264 e. The molecule has 4 heteroatoms. The summed E-state index contributed by atoms with van der Waals surface area (Å²) in [5, 5.41) is 5.36. The van der Waals surface area contributed by atoms with Crippen LogP contribution in [0.1, 0.15) is 12.5 Å². The third-order valence-electron chi connectivity index (χ3n) is 3.19. The molecular formula is C16H19N3O. The number of rotatable bonds is 4. The van der Waals surface area contributed by atoms with Gasteiger partial charge in [-0.25, -0.2) is 0 Å². The van der Waals surface area contributed by atoms with Crippen LogP contribution in [0.3, 0.4) is 0 Å². The van der Waals surface area contributed by atoms with Gasteiger partial charge in [-0.1, -0.05) is 42.5 Å².